The van der Waals surface area contributed by atoms with Gasteiger partial charge in [0.25, 0.3) is 0 Å². The molecule has 18 heavy (non-hydrogen) atoms. The van der Waals surface area contributed by atoms with E-state index in [1.807, 2.05) is 12.3 Å². The van der Waals surface area contributed by atoms with E-state index in [1.165, 1.54) is 12.1 Å². The smallest absolute Gasteiger partial charge is 0.201 e. The molecule has 0 fully saturated rings. The molecular formula is C12H11FN4S. The molecule has 3 rings (SSSR count). The lowest BCUT2D eigenvalue weighted by Gasteiger charge is -2.03. The summed E-state index contributed by atoms with van der Waals surface area (Å²) in [4.78, 5) is 8.58. The van der Waals surface area contributed by atoms with Crippen molar-refractivity contribution in [3.8, 4) is 0 Å². The number of halogens is 1. The molecule has 0 saturated heterocycles. The molecule has 0 saturated carbocycles. The van der Waals surface area contributed by atoms with Crippen molar-refractivity contribution in [2.45, 2.75) is 13.5 Å². The quantitative estimate of drug-likeness (QED) is 0.772. The van der Waals surface area contributed by atoms with E-state index in [9.17, 15) is 4.39 Å². The molecule has 0 amide bonds. The van der Waals surface area contributed by atoms with E-state index in [0.717, 1.165) is 10.7 Å². The molecule has 0 spiro atoms. The summed E-state index contributed by atoms with van der Waals surface area (Å²) in [6.45, 7) is 2.46. The first-order valence-corrected chi connectivity index (χ1v) is 6.34. The minimum Gasteiger partial charge on any atom is -0.369 e. The second-order valence-corrected chi connectivity index (χ2v) is 5.11. The number of aryl methyl sites for hydroxylation is 1. The van der Waals surface area contributed by atoms with Crippen molar-refractivity contribution in [3.05, 3.63) is 40.1 Å². The molecule has 0 radical (unpaired) electrons. The number of nitrogens with zero attached hydrogens (tertiary/aromatic N) is 3. The van der Waals surface area contributed by atoms with Crippen LogP contribution in [0.3, 0.4) is 0 Å². The van der Waals surface area contributed by atoms with E-state index in [2.05, 4.69) is 9.97 Å². The molecule has 0 aliphatic carbocycles. The van der Waals surface area contributed by atoms with Crippen molar-refractivity contribution in [2.75, 3.05) is 5.73 Å². The maximum Gasteiger partial charge on any atom is 0.201 e. The van der Waals surface area contributed by atoms with Gasteiger partial charge in [0.2, 0.25) is 5.95 Å². The third kappa shape index (κ3) is 1.84. The van der Waals surface area contributed by atoms with E-state index < -0.39 is 0 Å². The second kappa shape index (κ2) is 4.06. The Morgan fingerprint density at radius 2 is 2.22 bits per heavy atom. The number of nitrogen functional groups attached to an aromatic ring is 1. The predicted octanol–water partition coefficient (Wildman–Crippen LogP) is 2.57. The number of fused-ring (bicyclic) bond motifs is 1. The van der Waals surface area contributed by atoms with Crippen LogP contribution >= 0.6 is 11.3 Å². The number of thiazole rings is 1. The fourth-order valence-corrected chi connectivity index (χ4v) is 2.53. The molecule has 2 N–H and O–H groups in total. The first kappa shape index (κ1) is 11.2. The van der Waals surface area contributed by atoms with Gasteiger partial charge < -0.3 is 10.3 Å². The predicted molar refractivity (Wildman–Crippen MR) is 70.1 cm³/mol. The van der Waals surface area contributed by atoms with Gasteiger partial charge in [-0.05, 0) is 25.1 Å². The van der Waals surface area contributed by atoms with Gasteiger partial charge in [0.15, 0.2) is 0 Å². The largest absolute Gasteiger partial charge is 0.369 e. The highest BCUT2D eigenvalue weighted by molar-refractivity contribution is 7.09. The highest BCUT2D eigenvalue weighted by Crippen LogP contribution is 2.21. The Labute approximate surface area is 107 Å². The Kier molecular flexibility index (Phi) is 2.52. The van der Waals surface area contributed by atoms with Gasteiger partial charge in [0.1, 0.15) is 5.82 Å². The maximum atomic E-state index is 13.3. The molecule has 0 atom stereocenters. The molecule has 0 bridgehead atoms. The zero-order valence-corrected chi connectivity index (χ0v) is 10.5. The zero-order valence-electron chi connectivity index (χ0n) is 9.72. The van der Waals surface area contributed by atoms with Crippen LogP contribution in [0.15, 0.2) is 23.6 Å². The third-order valence-electron chi connectivity index (χ3n) is 2.73. The van der Waals surface area contributed by atoms with Crippen molar-refractivity contribution in [2.24, 2.45) is 0 Å². The Hall–Kier alpha value is -1.95. The summed E-state index contributed by atoms with van der Waals surface area (Å²) >= 11 is 1.58. The lowest BCUT2D eigenvalue weighted by molar-refractivity contribution is 0.628. The van der Waals surface area contributed by atoms with E-state index in [4.69, 9.17) is 5.73 Å². The van der Waals surface area contributed by atoms with E-state index in [0.29, 0.717) is 23.5 Å². The maximum absolute atomic E-state index is 13.3. The number of anilines is 1. The summed E-state index contributed by atoms with van der Waals surface area (Å²) in [7, 11) is 0. The van der Waals surface area contributed by atoms with Crippen LogP contribution < -0.4 is 5.73 Å². The normalized spacial score (nSPS) is 11.2. The molecular weight excluding hydrogens is 251 g/mol. The number of imidazole rings is 1. The molecule has 6 heteroatoms. The van der Waals surface area contributed by atoms with Gasteiger partial charge in [-0.15, -0.1) is 11.3 Å². The van der Waals surface area contributed by atoms with Crippen LogP contribution in [0.4, 0.5) is 10.3 Å². The van der Waals surface area contributed by atoms with Crippen molar-refractivity contribution in [1.29, 1.82) is 0 Å². The van der Waals surface area contributed by atoms with Gasteiger partial charge in [-0.2, -0.15) is 0 Å². The lowest BCUT2D eigenvalue weighted by Crippen LogP contribution is -2.04. The van der Waals surface area contributed by atoms with E-state index in [1.54, 1.807) is 22.0 Å². The van der Waals surface area contributed by atoms with Gasteiger partial charge >= 0.3 is 0 Å². The number of rotatable bonds is 2. The molecule has 2 aromatic heterocycles. The monoisotopic (exact) mass is 262 g/mol. The Bertz CT molecular complexity index is 716. The molecule has 92 valence electrons. The summed E-state index contributed by atoms with van der Waals surface area (Å²) in [5, 5.41) is 2.97. The van der Waals surface area contributed by atoms with Gasteiger partial charge in [-0.25, -0.2) is 14.4 Å². The molecule has 0 aliphatic rings. The van der Waals surface area contributed by atoms with Crippen LogP contribution in [0.2, 0.25) is 0 Å². The van der Waals surface area contributed by atoms with Crippen molar-refractivity contribution >= 4 is 28.3 Å². The minimum absolute atomic E-state index is 0.293. The van der Waals surface area contributed by atoms with E-state index in [-0.39, 0.29) is 5.82 Å². The fourth-order valence-electron chi connectivity index (χ4n) is 1.92. The Morgan fingerprint density at radius 3 is 2.94 bits per heavy atom. The van der Waals surface area contributed by atoms with Crippen LogP contribution in [0, 0.1) is 12.7 Å². The van der Waals surface area contributed by atoms with Crippen molar-refractivity contribution in [3.63, 3.8) is 0 Å². The van der Waals surface area contributed by atoms with Crippen LogP contribution in [0.5, 0.6) is 0 Å². The van der Waals surface area contributed by atoms with Gasteiger partial charge in [-0.1, -0.05) is 0 Å². The number of benzene rings is 1. The third-order valence-corrected chi connectivity index (χ3v) is 3.55. The Morgan fingerprint density at radius 1 is 1.39 bits per heavy atom. The number of nitrogens with two attached hydrogens (primary N) is 1. The minimum atomic E-state index is -0.293. The summed E-state index contributed by atoms with van der Waals surface area (Å²) in [5.41, 5.74) is 8.16. The molecule has 0 unspecified atom stereocenters. The van der Waals surface area contributed by atoms with E-state index >= 15 is 0 Å². The fraction of sp³-hybridized carbons (Fsp3) is 0.167. The average molecular weight is 262 g/mol. The van der Waals surface area contributed by atoms with Crippen LogP contribution in [0.25, 0.3) is 11.0 Å². The van der Waals surface area contributed by atoms with Gasteiger partial charge in [-0.3, -0.25) is 0 Å². The van der Waals surface area contributed by atoms with Gasteiger partial charge in [0, 0.05) is 5.38 Å². The van der Waals surface area contributed by atoms with Crippen LogP contribution in [0.1, 0.15) is 10.7 Å². The molecule has 1 aromatic carbocycles. The first-order chi connectivity index (χ1) is 8.63. The number of aromatic nitrogens is 3. The highest BCUT2D eigenvalue weighted by atomic mass is 32.1. The van der Waals surface area contributed by atoms with Gasteiger partial charge in [0.05, 0.1) is 28.3 Å². The summed E-state index contributed by atoms with van der Waals surface area (Å²) in [6.07, 6.45) is 0. The zero-order chi connectivity index (χ0) is 12.7. The second-order valence-electron chi connectivity index (χ2n) is 4.05. The standard InChI is InChI=1S/C12H11FN4S/c1-7-15-9(6-18-7)5-17-11-4-8(13)2-3-10(11)16-12(17)14/h2-4,6H,5H2,1H3,(H2,14,16). The SMILES string of the molecule is Cc1nc(Cn2c(N)nc3ccc(F)cc32)cs1. The molecule has 0 aliphatic heterocycles. The Balaban J connectivity index is 2.10. The van der Waals surface area contributed by atoms with Crippen LogP contribution in [-0.2, 0) is 6.54 Å². The van der Waals surface area contributed by atoms with Crippen molar-refractivity contribution in [1.82, 2.24) is 14.5 Å². The lowest BCUT2D eigenvalue weighted by atomic mass is 10.3. The molecule has 3 aromatic rings. The number of hydrogen-bond acceptors (Lipinski definition) is 4. The molecule has 4 nitrogen and oxygen atoms in total. The van der Waals surface area contributed by atoms with Crippen molar-refractivity contribution < 1.29 is 4.39 Å². The number of hydrogen-bond donors (Lipinski definition) is 1. The topological polar surface area (TPSA) is 56.7 Å². The summed E-state index contributed by atoms with van der Waals surface area (Å²) < 4.78 is 15.0. The summed E-state index contributed by atoms with van der Waals surface area (Å²) in [5.74, 6) is 0.0827. The first-order valence-electron chi connectivity index (χ1n) is 5.46. The highest BCUT2D eigenvalue weighted by Gasteiger charge is 2.10. The van der Waals surface area contributed by atoms with Crippen LogP contribution in [-0.4, -0.2) is 14.5 Å². The average Bonchev–Trinajstić information content (AvgIpc) is 2.86. The molecule has 2 heterocycles. The summed E-state index contributed by atoms with van der Waals surface area (Å²) in [6, 6.07) is 4.45.